The number of methoxy groups -OCH3 is 2. The maximum absolute atomic E-state index is 11.5. The van der Waals surface area contributed by atoms with Crippen molar-refractivity contribution >= 4 is 23.4 Å². The molecule has 0 fully saturated rings. The van der Waals surface area contributed by atoms with E-state index in [0.717, 1.165) is 10.6 Å². The predicted octanol–water partition coefficient (Wildman–Crippen LogP) is 2.57. The molecule has 0 aliphatic heterocycles. The summed E-state index contributed by atoms with van der Waals surface area (Å²) in [4.78, 5) is 12.4. The van der Waals surface area contributed by atoms with Crippen molar-refractivity contribution in [2.75, 3.05) is 20.0 Å². The SMILES string of the molecule is COC(=O)C(C)C(C)Sc1cc(OC)ccc1N. The van der Waals surface area contributed by atoms with E-state index >= 15 is 0 Å². The van der Waals surface area contributed by atoms with Crippen LogP contribution in [-0.2, 0) is 9.53 Å². The normalized spacial score (nSPS) is 13.8. The molecular weight excluding hydrogens is 250 g/mol. The molecule has 0 aliphatic rings. The van der Waals surface area contributed by atoms with Crippen molar-refractivity contribution in [3.8, 4) is 5.75 Å². The minimum Gasteiger partial charge on any atom is -0.497 e. The molecule has 4 nitrogen and oxygen atoms in total. The van der Waals surface area contributed by atoms with Crippen LogP contribution in [0.5, 0.6) is 5.75 Å². The van der Waals surface area contributed by atoms with Crippen LogP contribution in [0.25, 0.3) is 0 Å². The van der Waals surface area contributed by atoms with Crippen molar-refractivity contribution in [1.82, 2.24) is 0 Å². The van der Waals surface area contributed by atoms with Crippen molar-refractivity contribution in [1.29, 1.82) is 0 Å². The Labute approximate surface area is 112 Å². The number of benzene rings is 1. The fourth-order valence-electron chi connectivity index (χ4n) is 1.42. The molecule has 1 aromatic rings. The summed E-state index contributed by atoms with van der Waals surface area (Å²) in [6.07, 6.45) is 0. The lowest BCUT2D eigenvalue weighted by Gasteiger charge is -2.18. The van der Waals surface area contributed by atoms with Gasteiger partial charge in [-0.25, -0.2) is 0 Å². The molecule has 0 bridgehead atoms. The Morgan fingerprint density at radius 3 is 2.56 bits per heavy atom. The highest BCUT2D eigenvalue weighted by atomic mass is 32.2. The number of esters is 1. The minimum atomic E-state index is -0.212. The molecule has 0 heterocycles. The van der Waals surface area contributed by atoms with Gasteiger partial charge in [0.25, 0.3) is 0 Å². The van der Waals surface area contributed by atoms with E-state index in [9.17, 15) is 4.79 Å². The van der Waals surface area contributed by atoms with E-state index in [-0.39, 0.29) is 17.1 Å². The summed E-state index contributed by atoms with van der Waals surface area (Å²) in [6.45, 7) is 3.82. The number of carbonyl (C=O) groups excluding carboxylic acids is 1. The second-order valence-electron chi connectivity index (χ2n) is 4.04. The zero-order valence-electron chi connectivity index (χ0n) is 11.1. The molecule has 1 aromatic carbocycles. The highest BCUT2D eigenvalue weighted by Gasteiger charge is 2.22. The molecule has 1 rings (SSSR count). The average Bonchev–Trinajstić information content (AvgIpc) is 2.39. The van der Waals surface area contributed by atoms with Gasteiger partial charge in [0, 0.05) is 15.8 Å². The van der Waals surface area contributed by atoms with Gasteiger partial charge >= 0.3 is 5.97 Å². The maximum Gasteiger partial charge on any atom is 0.309 e. The molecule has 0 radical (unpaired) electrons. The summed E-state index contributed by atoms with van der Waals surface area (Å²) in [5.74, 6) is 0.353. The third-order valence-electron chi connectivity index (χ3n) is 2.81. The molecule has 0 aromatic heterocycles. The van der Waals surface area contributed by atoms with Crippen molar-refractivity contribution in [2.45, 2.75) is 24.0 Å². The van der Waals surface area contributed by atoms with Crippen LogP contribution in [0.2, 0.25) is 0 Å². The fourth-order valence-corrected chi connectivity index (χ4v) is 2.53. The second kappa shape index (κ2) is 6.54. The summed E-state index contributed by atoms with van der Waals surface area (Å²) < 4.78 is 9.90. The number of hydrogen-bond acceptors (Lipinski definition) is 5. The summed E-state index contributed by atoms with van der Waals surface area (Å²) in [5.41, 5.74) is 6.59. The van der Waals surface area contributed by atoms with Crippen molar-refractivity contribution < 1.29 is 14.3 Å². The minimum absolute atomic E-state index is 0.0758. The van der Waals surface area contributed by atoms with Crippen molar-refractivity contribution in [2.24, 2.45) is 5.92 Å². The zero-order chi connectivity index (χ0) is 13.7. The Morgan fingerprint density at radius 1 is 1.33 bits per heavy atom. The van der Waals surface area contributed by atoms with Gasteiger partial charge in [-0.05, 0) is 18.2 Å². The van der Waals surface area contributed by atoms with E-state index in [1.165, 1.54) is 7.11 Å². The smallest absolute Gasteiger partial charge is 0.309 e. The lowest BCUT2D eigenvalue weighted by atomic mass is 10.1. The highest BCUT2D eigenvalue weighted by Crippen LogP contribution is 2.34. The standard InChI is InChI=1S/C13H19NO3S/c1-8(13(15)17-4)9(2)18-12-7-10(16-3)5-6-11(12)14/h5-9H,14H2,1-4H3. The second-order valence-corrected chi connectivity index (χ2v) is 5.46. The Balaban J connectivity index is 2.80. The van der Waals surface area contributed by atoms with Crippen LogP contribution >= 0.6 is 11.8 Å². The molecule has 0 saturated heterocycles. The Morgan fingerprint density at radius 2 is 2.00 bits per heavy atom. The number of rotatable bonds is 5. The molecule has 5 heteroatoms. The van der Waals surface area contributed by atoms with Gasteiger partial charge in [0.1, 0.15) is 5.75 Å². The Kier molecular flexibility index (Phi) is 5.34. The number of nitrogens with two attached hydrogens (primary N) is 1. The van der Waals surface area contributed by atoms with E-state index in [4.69, 9.17) is 15.2 Å². The lowest BCUT2D eigenvalue weighted by molar-refractivity contribution is -0.144. The molecule has 2 atom stereocenters. The van der Waals surface area contributed by atoms with Gasteiger partial charge in [0.2, 0.25) is 0 Å². The number of carbonyl (C=O) groups is 1. The number of hydrogen-bond donors (Lipinski definition) is 1. The van der Waals surface area contributed by atoms with Gasteiger partial charge in [-0.2, -0.15) is 0 Å². The van der Waals surface area contributed by atoms with Gasteiger partial charge < -0.3 is 15.2 Å². The lowest BCUT2D eigenvalue weighted by Crippen LogP contribution is -2.22. The monoisotopic (exact) mass is 269 g/mol. The molecule has 2 unspecified atom stereocenters. The molecule has 0 spiro atoms. The van der Waals surface area contributed by atoms with Crippen LogP contribution in [0.15, 0.2) is 23.1 Å². The molecule has 2 N–H and O–H groups in total. The van der Waals surface area contributed by atoms with Crippen molar-refractivity contribution in [3.05, 3.63) is 18.2 Å². The number of thioether (sulfide) groups is 1. The fraction of sp³-hybridized carbons (Fsp3) is 0.462. The number of ether oxygens (including phenoxy) is 2. The largest absolute Gasteiger partial charge is 0.497 e. The summed E-state index contributed by atoms with van der Waals surface area (Å²) in [6, 6.07) is 5.49. The molecule has 0 saturated carbocycles. The van der Waals surface area contributed by atoms with Gasteiger partial charge in [0.15, 0.2) is 0 Å². The Bertz CT molecular complexity index is 423. The van der Waals surface area contributed by atoms with Crippen LogP contribution in [0.1, 0.15) is 13.8 Å². The zero-order valence-corrected chi connectivity index (χ0v) is 11.9. The van der Waals surface area contributed by atoms with Gasteiger partial charge in [0.05, 0.1) is 20.1 Å². The summed E-state index contributed by atoms with van der Waals surface area (Å²) in [5, 5.41) is 0.0758. The summed E-state index contributed by atoms with van der Waals surface area (Å²) >= 11 is 1.55. The van der Waals surface area contributed by atoms with Gasteiger partial charge in [-0.1, -0.05) is 13.8 Å². The van der Waals surface area contributed by atoms with Crippen LogP contribution < -0.4 is 10.5 Å². The first-order valence-electron chi connectivity index (χ1n) is 5.67. The molecule has 0 aliphatic carbocycles. The molecule has 0 amide bonds. The van der Waals surface area contributed by atoms with Gasteiger partial charge in [-0.15, -0.1) is 11.8 Å². The summed E-state index contributed by atoms with van der Waals surface area (Å²) in [7, 11) is 3.01. The van der Waals surface area contributed by atoms with Crippen molar-refractivity contribution in [3.63, 3.8) is 0 Å². The quantitative estimate of drug-likeness (QED) is 0.505. The third kappa shape index (κ3) is 3.57. The van der Waals surface area contributed by atoms with Crippen LogP contribution in [-0.4, -0.2) is 25.4 Å². The van der Waals surface area contributed by atoms with E-state index in [1.54, 1.807) is 24.9 Å². The van der Waals surface area contributed by atoms with Crippen LogP contribution in [0.4, 0.5) is 5.69 Å². The first-order valence-corrected chi connectivity index (χ1v) is 6.55. The predicted molar refractivity (Wildman–Crippen MR) is 73.9 cm³/mol. The van der Waals surface area contributed by atoms with Crippen LogP contribution in [0, 0.1) is 5.92 Å². The topological polar surface area (TPSA) is 61.5 Å². The van der Waals surface area contributed by atoms with E-state index in [1.807, 2.05) is 26.0 Å². The molecular formula is C13H19NO3S. The number of nitrogen functional groups attached to an aromatic ring is 1. The van der Waals surface area contributed by atoms with E-state index in [0.29, 0.717) is 5.69 Å². The van der Waals surface area contributed by atoms with Crippen LogP contribution in [0.3, 0.4) is 0 Å². The van der Waals surface area contributed by atoms with E-state index in [2.05, 4.69) is 0 Å². The van der Waals surface area contributed by atoms with Gasteiger partial charge in [-0.3, -0.25) is 4.79 Å². The third-order valence-corrected chi connectivity index (χ3v) is 4.20. The first-order chi connectivity index (χ1) is 8.49. The molecule has 18 heavy (non-hydrogen) atoms. The maximum atomic E-state index is 11.5. The first kappa shape index (κ1) is 14.7. The highest BCUT2D eigenvalue weighted by molar-refractivity contribution is 8.00. The molecule has 100 valence electrons. The Hall–Kier alpha value is -1.36. The average molecular weight is 269 g/mol. The van der Waals surface area contributed by atoms with E-state index < -0.39 is 0 Å². The number of anilines is 1.